The minimum Gasteiger partial charge on any atom is -0.490 e. The van der Waals surface area contributed by atoms with E-state index in [4.69, 9.17) is 10.5 Å². The summed E-state index contributed by atoms with van der Waals surface area (Å²) in [5.41, 5.74) is 6.20. The average molecular weight is 303 g/mol. The maximum Gasteiger partial charge on any atom is 0.145 e. The van der Waals surface area contributed by atoms with Gasteiger partial charge in [-0.15, -0.1) is 0 Å². The molecule has 0 unspecified atom stereocenters. The number of anilines is 1. The van der Waals surface area contributed by atoms with E-state index in [1.165, 1.54) is 25.0 Å². The zero-order valence-electron chi connectivity index (χ0n) is 9.75. The smallest absolute Gasteiger partial charge is 0.145 e. The monoisotopic (exact) mass is 302 g/mol. The lowest BCUT2D eigenvalue weighted by molar-refractivity contribution is 0.232. The van der Waals surface area contributed by atoms with Crippen molar-refractivity contribution in [3.63, 3.8) is 0 Å². The molecular weight excluding hydrogens is 287 g/mol. The van der Waals surface area contributed by atoms with Crippen LogP contribution in [0.1, 0.15) is 12.8 Å². The van der Waals surface area contributed by atoms with Crippen LogP contribution in [0, 0.1) is 5.82 Å². The van der Waals surface area contributed by atoms with Gasteiger partial charge in [-0.1, -0.05) is 0 Å². The third-order valence-electron chi connectivity index (χ3n) is 2.92. The van der Waals surface area contributed by atoms with Crippen LogP contribution in [0.5, 0.6) is 5.75 Å². The molecule has 1 aromatic carbocycles. The van der Waals surface area contributed by atoms with Crippen LogP contribution in [0.2, 0.25) is 0 Å². The number of nitrogens with zero attached hydrogens (tertiary/aromatic N) is 1. The van der Waals surface area contributed by atoms with Crippen molar-refractivity contribution in [3.8, 4) is 5.75 Å². The fraction of sp³-hybridized carbons (Fsp3) is 0.500. The SMILES string of the molecule is CN(CCOc1cc(F)c(Br)cc1N)C1CC1. The van der Waals surface area contributed by atoms with Crippen molar-refractivity contribution in [1.29, 1.82) is 0 Å². The largest absolute Gasteiger partial charge is 0.490 e. The van der Waals surface area contributed by atoms with Gasteiger partial charge in [0.05, 0.1) is 10.2 Å². The van der Waals surface area contributed by atoms with Crippen molar-refractivity contribution in [2.75, 3.05) is 25.9 Å². The fourth-order valence-electron chi connectivity index (χ4n) is 1.67. The summed E-state index contributed by atoms with van der Waals surface area (Å²) >= 11 is 3.08. The molecule has 1 aliphatic carbocycles. The Morgan fingerprint density at radius 2 is 2.24 bits per heavy atom. The van der Waals surface area contributed by atoms with Crippen molar-refractivity contribution in [3.05, 3.63) is 22.4 Å². The molecule has 0 radical (unpaired) electrons. The summed E-state index contributed by atoms with van der Waals surface area (Å²) in [6.45, 7) is 1.36. The minimum absolute atomic E-state index is 0.357. The second-order valence-corrected chi connectivity index (χ2v) is 5.22. The Balaban J connectivity index is 1.87. The average Bonchev–Trinajstić information content (AvgIpc) is 3.09. The number of nitrogens with two attached hydrogens (primary N) is 1. The van der Waals surface area contributed by atoms with Gasteiger partial charge < -0.3 is 15.4 Å². The molecule has 0 saturated heterocycles. The Bertz CT molecular complexity index is 410. The second-order valence-electron chi connectivity index (χ2n) is 4.36. The van der Waals surface area contributed by atoms with E-state index in [1.54, 1.807) is 0 Å². The van der Waals surface area contributed by atoms with Crippen molar-refractivity contribution in [1.82, 2.24) is 4.90 Å². The Morgan fingerprint density at radius 3 is 2.88 bits per heavy atom. The number of hydrogen-bond donors (Lipinski definition) is 1. The molecule has 5 heteroatoms. The van der Waals surface area contributed by atoms with Gasteiger partial charge in [0, 0.05) is 18.7 Å². The Kier molecular flexibility index (Phi) is 3.89. The molecule has 1 fully saturated rings. The highest BCUT2D eigenvalue weighted by Gasteiger charge is 2.25. The number of halogens is 2. The molecule has 0 amide bonds. The molecule has 0 aromatic heterocycles. The second kappa shape index (κ2) is 5.23. The van der Waals surface area contributed by atoms with E-state index >= 15 is 0 Å². The van der Waals surface area contributed by atoms with E-state index < -0.39 is 0 Å². The van der Waals surface area contributed by atoms with Gasteiger partial charge in [0.25, 0.3) is 0 Å². The number of rotatable bonds is 5. The highest BCUT2D eigenvalue weighted by Crippen LogP contribution is 2.29. The van der Waals surface area contributed by atoms with E-state index in [0.29, 0.717) is 28.6 Å². The summed E-state index contributed by atoms with van der Waals surface area (Å²) < 4.78 is 19.1. The molecule has 0 atom stereocenters. The molecule has 1 aliphatic rings. The van der Waals surface area contributed by atoms with Crippen LogP contribution < -0.4 is 10.5 Å². The maximum absolute atomic E-state index is 13.3. The van der Waals surface area contributed by atoms with Crippen LogP contribution in [-0.4, -0.2) is 31.1 Å². The number of ether oxygens (including phenoxy) is 1. The quantitative estimate of drug-likeness (QED) is 0.850. The number of likely N-dealkylation sites (N-methyl/N-ethyl adjacent to an activating group) is 1. The van der Waals surface area contributed by atoms with E-state index in [0.717, 1.165) is 6.54 Å². The third-order valence-corrected chi connectivity index (χ3v) is 3.53. The minimum atomic E-state index is -0.357. The first-order chi connectivity index (χ1) is 8.08. The van der Waals surface area contributed by atoms with Crippen molar-refractivity contribution in [2.45, 2.75) is 18.9 Å². The van der Waals surface area contributed by atoms with Crippen molar-refractivity contribution < 1.29 is 9.13 Å². The first kappa shape index (κ1) is 12.6. The lowest BCUT2D eigenvalue weighted by Gasteiger charge is -2.16. The molecule has 3 nitrogen and oxygen atoms in total. The van der Waals surface area contributed by atoms with E-state index in [2.05, 4.69) is 27.9 Å². The standard InChI is InChI=1S/C12H16BrFN2O/c1-16(8-2-3-8)4-5-17-12-7-10(14)9(13)6-11(12)15/h6-8H,2-5,15H2,1H3. The molecule has 2 N–H and O–H groups in total. The predicted molar refractivity (Wildman–Crippen MR) is 69.7 cm³/mol. The summed E-state index contributed by atoms with van der Waals surface area (Å²) in [5.74, 6) is 0.0552. The van der Waals surface area contributed by atoms with Crippen LogP contribution in [0.3, 0.4) is 0 Å². The van der Waals surface area contributed by atoms with E-state index in [-0.39, 0.29) is 5.82 Å². The van der Waals surface area contributed by atoms with Crippen LogP contribution >= 0.6 is 15.9 Å². The highest BCUT2D eigenvalue weighted by molar-refractivity contribution is 9.10. The first-order valence-corrected chi connectivity index (χ1v) is 6.45. The lowest BCUT2D eigenvalue weighted by atomic mass is 10.3. The molecule has 0 bridgehead atoms. The normalized spacial score (nSPS) is 15.3. The zero-order valence-corrected chi connectivity index (χ0v) is 11.3. The van der Waals surface area contributed by atoms with E-state index in [1.807, 2.05) is 0 Å². The van der Waals surface area contributed by atoms with Gasteiger partial charge >= 0.3 is 0 Å². The molecule has 2 rings (SSSR count). The van der Waals surface area contributed by atoms with Crippen LogP contribution in [-0.2, 0) is 0 Å². The van der Waals surface area contributed by atoms with Gasteiger partial charge in [-0.25, -0.2) is 4.39 Å². The third kappa shape index (κ3) is 3.33. The maximum atomic E-state index is 13.3. The molecule has 1 aromatic rings. The van der Waals surface area contributed by atoms with Gasteiger partial charge in [0.15, 0.2) is 0 Å². The molecular formula is C12H16BrFN2O. The molecule has 1 saturated carbocycles. The fourth-order valence-corrected chi connectivity index (χ4v) is 2.03. The number of benzene rings is 1. The van der Waals surface area contributed by atoms with E-state index in [9.17, 15) is 4.39 Å². The van der Waals surface area contributed by atoms with Crippen LogP contribution in [0.4, 0.5) is 10.1 Å². The van der Waals surface area contributed by atoms with Gasteiger partial charge in [0.2, 0.25) is 0 Å². The van der Waals surface area contributed by atoms with Gasteiger partial charge in [-0.2, -0.15) is 0 Å². The van der Waals surface area contributed by atoms with Gasteiger partial charge in [-0.3, -0.25) is 0 Å². The summed E-state index contributed by atoms with van der Waals surface area (Å²) in [6.07, 6.45) is 2.54. The molecule has 17 heavy (non-hydrogen) atoms. The summed E-state index contributed by atoms with van der Waals surface area (Å²) in [4.78, 5) is 2.26. The van der Waals surface area contributed by atoms with Gasteiger partial charge in [-0.05, 0) is 41.9 Å². The number of hydrogen-bond acceptors (Lipinski definition) is 3. The molecule has 94 valence electrons. The topological polar surface area (TPSA) is 38.5 Å². The Hall–Kier alpha value is -0.810. The van der Waals surface area contributed by atoms with Crippen LogP contribution in [0.15, 0.2) is 16.6 Å². The molecule has 0 heterocycles. The highest BCUT2D eigenvalue weighted by atomic mass is 79.9. The van der Waals surface area contributed by atoms with Crippen molar-refractivity contribution in [2.24, 2.45) is 0 Å². The van der Waals surface area contributed by atoms with Crippen molar-refractivity contribution >= 4 is 21.6 Å². The summed E-state index contributed by atoms with van der Waals surface area (Å²) in [7, 11) is 2.08. The van der Waals surface area contributed by atoms with Gasteiger partial charge in [0.1, 0.15) is 18.2 Å². The summed E-state index contributed by atoms with van der Waals surface area (Å²) in [5, 5.41) is 0. The lowest BCUT2D eigenvalue weighted by Crippen LogP contribution is -2.26. The zero-order chi connectivity index (χ0) is 12.4. The van der Waals surface area contributed by atoms with Crippen LogP contribution in [0.25, 0.3) is 0 Å². The first-order valence-electron chi connectivity index (χ1n) is 5.65. The Labute approximate surface area is 109 Å². The Morgan fingerprint density at radius 1 is 1.53 bits per heavy atom. The number of nitrogen functional groups attached to an aromatic ring is 1. The molecule has 0 spiro atoms. The summed E-state index contributed by atoms with van der Waals surface area (Å²) in [6, 6.07) is 3.55. The molecule has 0 aliphatic heterocycles. The predicted octanol–water partition coefficient (Wildman–Crippen LogP) is 2.64.